The van der Waals surface area contributed by atoms with E-state index in [9.17, 15) is 0 Å². The summed E-state index contributed by atoms with van der Waals surface area (Å²) in [5, 5.41) is 0. The fourth-order valence-electron chi connectivity index (χ4n) is 2.82. The summed E-state index contributed by atoms with van der Waals surface area (Å²) in [6, 6.07) is 0. The second-order valence-corrected chi connectivity index (χ2v) is 20.9. The topological polar surface area (TPSA) is 111 Å². The normalized spacial score (nSPS) is 11.0. The number of hydrogen-bond donors (Lipinski definition) is 0. The number of ether oxygens (including phenoxy) is 12. The maximum Gasteiger partial charge on any atom is 0.0540 e. The Hall–Kier alpha value is -0.480. The third-order valence-electron chi connectivity index (χ3n) is 7.54. The summed E-state index contributed by atoms with van der Waals surface area (Å²) in [7, 11) is 20.7. The summed E-state index contributed by atoms with van der Waals surface area (Å²) < 4.78 is 57.6. The van der Waals surface area contributed by atoms with Gasteiger partial charge in [-0.15, -0.1) is 0 Å². The number of hydrogen-bond acceptors (Lipinski definition) is 12. The third kappa shape index (κ3) is 306. The smallest absolute Gasteiger partial charge is 0.0540 e. The molecule has 484 valence electrons. The lowest BCUT2D eigenvalue weighted by molar-refractivity contribution is 0.115. The van der Waals surface area contributed by atoms with Gasteiger partial charge in [-0.25, -0.2) is 0 Å². The molecule has 12 nitrogen and oxygen atoms in total. The zero-order valence-electron chi connectivity index (χ0n) is 60.0. The third-order valence-corrected chi connectivity index (χ3v) is 7.54. The van der Waals surface area contributed by atoms with Crippen molar-refractivity contribution in [3.05, 3.63) is 0 Å². The Morgan fingerprint density at radius 1 is 0.250 bits per heavy atom. The van der Waals surface area contributed by atoms with Crippen molar-refractivity contribution in [2.24, 2.45) is 29.1 Å². The van der Waals surface area contributed by atoms with E-state index in [4.69, 9.17) is 56.8 Å². The van der Waals surface area contributed by atoms with Crippen molar-refractivity contribution < 1.29 is 56.8 Å². The van der Waals surface area contributed by atoms with E-state index in [0.29, 0.717) is 53.5 Å². The van der Waals surface area contributed by atoms with E-state index in [0.717, 1.165) is 104 Å². The molecule has 0 saturated heterocycles. The minimum Gasteiger partial charge on any atom is -0.385 e. The molecule has 0 heterocycles. The maximum absolute atomic E-state index is 4.90. The zero-order chi connectivity index (χ0) is 63.6. The van der Waals surface area contributed by atoms with Gasteiger partial charge in [-0.2, -0.15) is 0 Å². The Balaban J connectivity index is -0.0000000455. The Labute approximate surface area is 484 Å². The summed E-state index contributed by atoms with van der Waals surface area (Å²) in [5.41, 5.74) is 0.500. The molecule has 0 fully saturated rings. The standard InChI is InChI=1S/8C5H12O.C5H12.4C4H10O.C3H8/c4*1-5(2)4-6-3;4*1-4-5(2)6-3;1-5(2,3)4;4*1-3-4-5-2;1-3-2/h8*5H,4H2,1-3H3;1-4H3;4*3-4H2,1-2H3;3H2,1-2H3. The summed E-state index contributed by atoms with van der Waals surface area (Å²) >= 11 is 0. The summed E-state index contributed by atoms with van der Waals surface area (Å²) in [4.78, 5) is 0. The van der Waals surface area contributed by atoms with Gasteiger partial charge in [-0.05, 0) is 108 Å². The molecule has 12 heteroatoms. The first kappa shape index (κ1) is 111. The molecule has 0 aromatic carbocycles. The van der Waals surface area contributed by atoms with Crippen LogP contribution in [0.1, 0.15) is 238 Å². The zero-order valence-corrected chi connectivity index (χ0v) is 60.0. The van der Waals surface area contributed by atoms with Crippen LogP contribution in [0.25, 0.3) is 0 Å². The van der Waals surface area contributed by atoms with Crippen molar-refractivity contribution in [3.8, 4) is 0 Å². The van der Waals surface area contributed by atoms with Gasteiger partial charge in [-0.3, -0.25) is 0 Å². The SMILES string of the molecule is CC(C)(C)C.CCC.CCC(C)OC.CCC(C)OC.CCC(C)OC.CCC(C)OC.CCCOC.CCCOC.CCCOC.CCCOC.COCC(C)C.COCC(C)C.COCC(C)C.COCC(C)C. The van der Waals surface area contributed by atoms with Gasteiger partial charge in [0, 0.05) is 138 Å². The van der Waals surface area contributed by atoms with E-state index in [-0.39, 0.29) is 0 Å². The Kier molecular flexibility index (Phi) is 171. The Morgan fingerprint density at radius 2 is 0.368 bits per heavy atom. The fourth-order valence-corrected chi connectivity index (χ4v) is 2.82. The van der Waals surface area contributed by atoms with E-state index in [2.05, 4.69) is 180 Å². The highest BCUT2D eigenvalue weighted by Gasteiger charge is 1.96. The molecule has 0 aliphatic carbocycles. The van der Waals surface area contributed by atoms with Crippen LogP contribution in [0.5, 0.6) is 0 Å². The van der Waals surface area contributed by atoms with Crippen molar-refractivity contribution in [2.75, 3.05) is 138 Å². The van der Waals surface area contributed by atoms with Gasteiger partial charge in [0.2, 0.25) is 0 Å². The monoisotopic (exact) mass is 1120 g/mol. The molecule has 0 spiro atoms. The average Bonchev–Trinajstić information content (AvgIpc) is 3.35. The minimum atomic E-state index is 0.435. The van der Waals surface area contributed by atoms with Crippen molar-refractivity contribution in [3.63, 3.8) is 0 Å². The van der Waals surface area contributed by atoms with Crippen LogP contribution in [0, 0.1) is 29.1 Å². The van der Waals surface area contributed by atoms with Crippen LogP contribution < -0.4 is 0 Å². The van der Waals surface area contributed by atoms with Crippen LogP contribution in [0.3, 0.4) is 0 Å². The molecular formula is C64H156O12. The van der Waals surface area contributed by atoms with Gasteiger partial charge in [0.15, 0.2) is 0 Å². The van der Waals surface area contributed by atoms with Crippen molar-refractivity contribution in [1.29, 1.82) is 0 Å². The Bertz CT molecular complexity index is 590. The lowest BCUT2D eigenvalue weighted by Gasteiger charge is -2.05. The second-order valence-electron chi connectivity index (χ2n) is 20.9. The van der Waals surface area contributed by atoms with Crippen molar-refractivity contribution >= 4 is 0 Å². The maximum atomic E-state index is 4.90. The lowest BCUT2D eigenvalue weighted by Crippen LogP contribution is -2.00. The predicted octanol–water partition coefficient (Wildman–Crippen LogP) is 18.5. The van der Waals surface area contributed by atoms with E-state index < -0.39 is 0 Å². The van der Waals surface area contributed by atoms with Crippen LogP contribution in [0.15, 0.2) is 0 Å². The molecule has 0 N–H and O–H groups in total. The molecule has 0 saturated carbocycles. The van der Waals surface area contributed by atoms with Gasteiger partial charge in [0.25, 0.3) is 0 Å². The molecule has 0 rings (SSSR count). The highest BCUT2D eigenvalue weighted by molar-refractivity contribution is 4.47. The predicted molar refractivity (Wildman–Crippen MR) is 344 cm³/mol. The molecule has 0 bridgehead atoms. The second kappa shape index (κ2) is 118. The van der Waals surface area contributed by atoms with Crippen LogP contribution in [-0.2, 0) is 56.8 Å². The fraction of sp³-hybridized carbons (Fsp3) is 1.00. The van der Waals surface area contributed by atoms with Crippen molar-refractivity contribution in [1.82, 2.24) is 0 Å². The first-order valence-electron chi connectivity index (χ1n) is 29.4. The van der Waals surface area contributed by atoms with Gasteiger partial charge >= 0.3 is 0 Å². The highest BCUT2D eigenvalue weighted by Crippen LogP contribution is 2.08. The van der Waals surface area contributed by atoms with Crippen LogP contribution >= 0.6 is 0 Å². The molecule has 0 aliphatic rings. The summed E-state index contributed by atoms with van der Waals surface area (Å²) in [6.45, 7) is 62.1. The molecule has 76 heavy (non-hydrogen) atoms. The van der Waals surface area contributed by atoms with E-state index in [1.165, 1.54) is 6.42 Å². The molecule has 4 atom stereocenters. The minimum absolute atomic E-state index is 0.435. The number of rotatable bonds is 24. The Morgan fingerprint density at radius 3 is 0.368 bits per heavy atom. The van der Waals surface area contributed by atoms with Crippen molar-refractivity contribution in [2.45, 2.75) is 262 Å². The van der Waals surface area contributed by atoms with Crippen LogP contribution in [0.2, 0.25) is 0 Å². The van der Waals surface area contributed by atoms with Gasteiger partial charge in [0.05, 0.1) is 24.4 Å². The first-order valence-corrected chi connectivity index (χ1v) is 29.4. The quantitative estimate of drug-likeness (QED) is 0.0917. The lowest BCUT2D eigenvalue weighted by atomic mass is 10.0. The van der Waals surface area contributed by atoms with E-state index >= 15 is 0 Å². The largest absolute Gasteiger partial charge is 0.385 e. The number of methoxy groups -OCH3 is 12. The molecular weight excluding hydrogens is 961 g/mol. The molecule has 0 amide bonds. The molecule has 4 unspecified atom stereocenters. The molecule has 0 radical (unpaired) electrons. The molecule has 0 aromatic rings. The van der Waals surface area contributed by atoms with Crippen LogP contribution in [-0.4, -0.2) is 163 Å². The highest BCUT2D eigenvalue weighted by atomic mass is 16.5. The molecule has 0 aliphatic heterocycles. The average molecular weight is 1120 g/mol. The van der Waals surface area contributed by atoms with Gasteiger partial charge < -0.3 is 56.8 Å². The van der Waals surface area contributed by atoms with E-state index in [1.807, 2.05) is 0 Å². The summed E-state index contributed by atoms with van der Waals surface area (Å²) in [5.74, 6) is 2.70. The first-order chi connectivity index (χ1) is 35.4. The molecule has 0 aromatic heterocycles. The summed E-state index contributed by atoms with van der Waals surface area (Å²) in [6.07, 6.45) is 11.9. The van der Waals surface area contributed by atoms with Crippen LogP contribution in [0.4, 0.5) is 0 Å². The van der Waals surface area contributed by atoms with Gasteiger partial charge in [0.1, 0.15) is 0 Å². The van der Waals surface area contributed by atoms with E-state index in [1.54, 1.807) is 85.3 Å². The van der Waals surface area contributed by atoms with Gasteiger partial charge in [-0.1, -0.05) is 159 Å².